The van der Waals surface area contributed by atoms with Crippen molar-refractivity contribution in [2.75, 3.05) is 13.2 Å². The maximum absolute atomic E-state index is 11.7. The molecule has 0 spiro atoms. The monoisotopic (exact) mass is 236 g/mol. The molecule has 1 aliphatic heterocycles. The van der Waals surface area contributed by atoms with E-state index in [1.165, 1.54) is 0 Å². The second-order valence-corrected chi connectivity index (χ2v) is 3.90. The highest BCUT2D eigenvalue weighted by Gasteiger charge is 2.24. The molecule has 17 heavy (non-hydrogen) atoms. The first kappa shape index (κ1) is 12.1. The van der Waals surface area contributed by atoms with E-state index in [1.54, 1.807) is 24.3 Å². The minimum absolute atomic E-state index is 0.165. The Balaban J connectivity index is 1.84. The Kier molecular flexibility index (Phi) is 4.12. The van der Waals surface area contributed by atoms with Crippen molar-refractivity contribution in [2.45, 2.75) is 25.7 Å². The summed E-state index contributed by atoms with van der Waals surface area (Å²) in [7, 11) is 0. The Hall–Kier alpha value is -1.39. The van der Waals surface area contributed by atoms with E-state index in [2.05, 4.69) is 0 Å². The molecule has 2 rings (SSSR count). The number of rotatable bonds is 3. The number of carbonyl (C=O) groups is 1. The summed E-state index contributed by atoms with van der Waals surface area (Å²) in [5, 5.41) is 0. The molecule has 1 heterocycles. The minimum atomic E-state index is -0.335. The lowest BCUT2D eigenvalue weighted by atomic mass is 10.2. The molecule has 0 amide bonds. The highest BCUT2D eigenvalue weighted by molar-refractivity contribution is 5.89. The molecule has 1 aromatic rings. The van der Waals surface area contributed by atoms with Gasteiger partial charge in [-0.2, -0.15) is 0 Å². The molecule has 1 aromatic carbocycles. The lowest BCUT2D eigenvalue weighted by Crippen LogP contribution is -2.38. The van der Waals surface area contributed by atoms with Gasteiger partial charge in [-0.1, -0.05) is 25.1 Å². The van der Waals surface area contributed by atoms with Crippen LogP contribution in [0.2, 0.25) is 0 Å². The van der Waals surface area contributed by atoms with Crippen LogP contribution >= 0.6 is 0 Å². The number of hydrogen-bond donors (Lipinski definition) is 0. The second-order valence-electron chi connectivity index (χ2n) is 3.90. The largest absolute Gasteiger partial charge is 0.454 e. The lowest BCUT2D eigenvalue weighted by Gasteiger charge is -2.28. The smallest absolute Gasteiger partial charge is 0.338 e. The summed E-state index contributed by atoms with van der Waals surface area (Å²) in [5.41, 5.74) is 0.546. The maximum Gasteiger partial charge on any atom is 0.338 e. The summed E-state index contributed by atoms with van der Waals surface area (Å²) in [6.45, 7) is 2.79. The van der Waals surface area contributed by atoms with Gasteiger partial charge in [-0.15, -0.1) is 0 Å². The first-order valence-electron chi connectivity index (χ1n) is 5.79. The van der Waals surface area contributed by atoms with E-state index in [-0.39, 0.29) is 18.4 Å². The average Bonchev–Trinajstić information content (AvgIpc) is 2.40. The van der Waals surface area contributed by atoms with Crippen LogP contribution in [-0.2, 0) is 14.2 Å². The van der Waals surface area contributed by atoms with Gasteiger partial charge in [0, 0.05) is 0 Å². The first-order valence-corrected chi connectivity index (χ1v) is 5.79. The number of carbonyl (C=O) groups excluding carboxylic acids is 1. The van der Waals surface area contributed by atoms with E-state index in [0.717, 1.165) is 6.42 Å². The van der Waals surface area contributed by atoms with Gasteiger partial charge in [0.25, 0.3) is 0 Å². The summed E-state index contributed by atoms with van der Waals surface area (Å²) in [4.78, 5) is 11.7. The van der Waals surface area contributed by atoms with E-state index in [1.807, 2.05) is 13.0 Å². The fourth-order valence-corrected chi connectivity index (χ4v) is 1.62. The van der Waals surface area contributed by atoms with E-state index in [0.29, 0.717) is 18.8 Å². The molecule has 92 valence electrons. The second kappa shape index (κ2) is 5.80. The van der Waals surface area contributed by atoms with Crippen LogP contribution in [0.4, 0.5) is 0 Å². The van der Waals surface area contributed by atoms with Crippen molar-refractivity contribution in [3.8, 4) is 0 Å². The zero-order valence-corrected chi connectivity index (χ0v) is 9.80. The van der Waals surface area contributed by atoms with E-state index in [4.69, 9.17) is 14.2 Å². The van der Waals surface area contributed by atoms with Crippen molar-refractivity contribution in [2.24, 2.45) is 0 Å². The molecule has 0 unspecified atom stereocenters. The molecule has 0 N–H and O–H groups in total. The van der Waals surface area contributed by atoms with Gasteiger partial charge in [-0.3, -0.25) is 0 Å². The normalized spacial score (nSPS) is 24.3. The van der Waals surface area contributed by atoms with Gasteiger partial charge < -0.3 is 14.2 Å². The molecule has 0 aromatic heterocycles. The quantitative estimate of drug-likeness (QED) is 0.753. The zero-order chi connectivity index (χ0) is 12.1. The van der Waals surface area contributed by atoms with Crippen molar-refractivity contribution >= 4 is 5.97 Å². The predicted octanol–water partition coefficient (Wildman–Crippen LogP) is 1.99. The van der Waals surface area contributed by atoms with Crippen LogP contribution in [0.15, 0.2) is 30.3 Å². The van der Waals surface area contributed by atoms with Crippen molar-refractivity contribution in [1.82, 2.24) is 0 Å². The fraction of sp³-hybridized carbons (Fsp3) is 0.462. The minimum Gasteiger partial charge on any atom is -0.454 e. The topological polar surface area (TPSA) is 44.8 Å². The van der Waals surface area contributed by atoms with Gasteiger partial charge in [0.05, 0.1) is 18.8 Å². The molecule has 4 heteroatoms. The summed E-state index contributed by atoms with van der Waals surface area (Å²) in [6, 6.07) is 8.91. The van der Waals surface area contributed by atoms with Crippen LogP contribution in [0.25, 0.3) is 0 Å². The van der Waals surface area contributed by atoms with Gasteiger partial charge >= 0.3 is 5.97 Å². The van der Waals surface area contributed by atoms with E-state index in [9.17, 15) is 4.79 Å². The Bertz CT molecular complexity index is 355. The molecule has 1 aliphatic rings. The van der Waals surface area contributed by atoms with E-state index >= 15 is 0 Å². The Morgan fingerprint density at radius 1 is 1.29 bits per heavy atom. The summed E-state index contributed by atoms with van der Waals surface area (Å²) in [6.07, 6.45) is 0.325. The van der Waals surface area contributed by atoms with Gasteiger partial charge in [0.1, 0.15) is 6.10 Å². The summed E-state index contributed by atoms with van der Waals surface area (Å²) >= 11 is 0. The van der Waals surface area contributed by atoms with Crippen molar-refractivity contribution < 1.29 is 19.0 Å². The van der Waals surface area contributed by atoms with Crippen molar-refractivity contribution in [3.05, 3.63) is 35.9 Å². The van der Waals surface area contributed by atoms with Crippen molar-refractivity contribution in [3.63, 3.8) is 0 Å². The van der Waals surface area contributed by atoms with Crippen LogP contribution in [0.3, 0.4) is 0 Å². The summed E-state index contributed by atoms with van der Waals surface area (Å²) in [5.74, 6) is -0.335. The third kappa shape index (κ3) is 3.28. The first-order chi connectivity index (χ1) is 8.29. The van der Waals surface area contributed by atoms with E-state index < -0.39 is 0 Å². The Morgan fingerprint density at radius 2 is 1.94 bits per heavy atom. The molecule has 0 radical (unpaired) electrons. The van der Waals surface area contributed by atoms with Gasteiger partial charge in [0.2, 0.25) is 0 Å². The molecular weight excluding hydrogens is 220 g/mol. The predicted molar refractivity (Wildman–Crippen MR) is 61.6 cm³/mol. The maximum atomic E-state index is 11.7. The Morgan fingerprint density at radius 3 is 2.53 bits per heavy atom. The van der Waals surface area contributed by atoms with Crippen molar-refractivity contribution in [1.29, 1.82) is 0 Å². The van der Waals surface area contributed by atoms with Gasteiger partial charge in [0.15, 0.2) is 6.29 Å². The highest BCUT2D eigenvalue weighted by Crippen LogP contribution is 2.12. The molecule has 0 aliphatic carbocycles. The standard InChI is InChI=1S/C13H16O4/c1-2-12-15-8-11(9-16-12)17-13(14)10-6-4-3-5-7-10/h3-7,11-12H,2,8-9H2,1H3. The highest BCUT2D eigenvalue weighted by atomic mass is 16.7. The zero-order valence-electron chi connectivity index (χ0n) is 9.80. The molecular formula is C13H16O4. The lowest BCUT2D eigenvalue weighted by molar-refractivity contribution is -0.216. The van der Waals surface area contributed by atoms with Crippen LogP contribution in [-0.4, -0.2) is 31.6 Å². The molecule has 1 fully saturated rings. The average molecular weight is 236 g/mol. The molecule has 0 atom stereocenters. The number of hydrogen-bond acceptors (Lipinski definition) is 4. The molecule has 1 saturated heterocycles. The molecule has 4 nitrogen and oxygen atoms in total. The number of ether oxygens (including phenoxy) is 3. The Labute approximate surface area is 100 Å². The van der Waals surface area contributed by atoms with Crippen LogP contribution in [0, 0.1) is 0 Å². The summed E-state index contributed by atoms with van der Waals surface area (Å²) < 4.78 is 16.0. The van der Waals surface area contributed by atoms with Crippen LogP contribution in [0.1, 0.15) is 23.7 Å². The molecule has 0 bridgehead atoms. The number of benzene rings is 1. The third-order valence-electron chi connectivity index (χ3n) is 2.55. The SMILES string of the molecule is CCC1OCC(OC(=O)c2ccccc2)CO1. The van der Waals surface area contributed by atoms with Crippen LogP contribution < -0.4 is 0 Å². The van der Waals surface area contributed by atoms with Crippen LogP contribution in [0.5, 0.6) is 0 Å². The van der Waals surface area contributed by atoms with Gasteiger partial charge in [-0.25, -0.2) is 4.79 Å². The number of esters is 1. The van der Waals surface area contributed by atoms with Gasteiger partial charge in [-0.05, 0) is 18.6 Å². The third-order valence-corrected chi connectivity index (χ3v) is 2.55. The fourth-order valence-electron chi connectivity index (χ4n) is 1.62. The molecule has 0 saturated carbocycles.